The van der Waals surface area contributed by atoms with Crippen LogP contribution >= 0.6 is 0 Å². The van der Waals surface area contributed by atoms with Gasteiger partial charge in [-0.15, -0.1) is 0 Å². The Hall–Kier alpha value is -2.13. The molecular weight excluding hydrogens is 248 g/mol. The van der Waals surface area contributed by atoms with E-state index in [0.717, 1.165) is 11.3 Å². The number of carbonyl (C=O) groups excluding carboxylic acids is 1. The van der Waals surface area contributed by atoms with Crippen LogP contribution in [0.15, 0.2) is 6.07 Å². The average Bonchev–Trinajstić information content (AvgIpc) is 2.32. The molecule has 1 rings (SSSR count). The number of carbonyl (C=O) groups is 1. The number of hydrogen-bond acceptors (Lipinski definition) is 6. The van der Waals surface area contributed by atoms with Gasteiger partial charge in [-0.25, -0.2) is 4.98 Å². The number of hydrogen-bond donors (Lipinski definition) is 0. The minimum Gasteiger partial charge on any atom is -0.463 e. The number of esters is 1. The van der Waals surface area contributed by atoms with Gasteiger partial charge in [0.25, 0.3) is 0 Å². The third-order valence-electron chi connectivity index (χ3n) is 2.24. The van der Waals surface area contributed by atoms with E-state index in [9.17, 15) is 4.79 Å². The summed E-state index contributed by atoms with van der Waals surface area (Å²) in [6.07, 6.45) is 0. The lowest BCUT2D eigenvalue weighted by Gasteiger charge is -2.10. The molecule has 0 spiro atoms. The highest BCUT2D eigenvalue weighted by atomic mass is 16.7. The molecule has 0 aliphatic heterocycles. The molecule has 1 aromatic heterocycles. The fourth-order valence-electron chi connectivity index (χ4n) is 1.44. The molecule has 0 bridgehead atoms. The molecule has 0 atom stereocenters. The van der Waals surface area contributed by atoms with Gasteiger partial charge in [0.15, 0.2) is 6.79 Å². The molecule has 102 valence electrons. The van der Waals surface area contributed by atoms with Gasteiger partial charge in [0, 0.05) is 12.6 Å². The first-order chi connectivity index (χ1) is 9.04. The largest absolute Gasteiger partial charge is 0.463 e. The normalized spacial score (nSPS) is 9.79. The van der Waals surface area contributed by atoms with Crippen molar-refractivity contribution >= 4 is 5.97 Å². The lowest BCUT2D eigenvalue weighted by molar-refractivity contribution is -0.143. The number of nitrogens with zero attached hydrogens (tertiary/aromatic N) is 2. The summed E-state index contributed by atoms with van der Waals surface area (Å²) in [4.78, 5) is 14.6. The molecule has 0 aliphatic rings. The molecule has 1 aromatic rings. The molecule has 0 amide bonds. The van der Waals surface area contributed by atoms with Crippen LogP contribution in [0.3, 0.4) is 0 Å². The fourth-order valence-corrected chi connectivity index (χ4v) is 1.44. The molecule has 1 heterocycles. The summed E-state index contributed by atoms with van der Waals surface area (Å²) in [5.74, 6) is -0.0975. The first-order valence-corrected chi connectivity index (χ1v) is 5.77. The number of ether oxygens (including phenoxy) is 3. The lowest BCUT2D eigenvalue weighted by atomic mass is 10.1. The van der Waals surface area contributed by atoms with E-state index in [1.807, 2.05) is 26.0 Å². The van der Waals surface area contributed by atoms with Crippen LogP contribution in [0.1, 0.15) is 23.7 Å². The summed E-state index contributed by atoms with van der Waals surface area (Å²) in [5, 5.41) is 9.02. The van der Waals surface area contributed by atoms with Crippen LogP contribution in [-0.2, 0) is 14.3 Å². The van der Waals surface area contributed by atoms with Gasteiger partial charge in [0.2, 0.25) is 5.88 Å². The van der Waals surface area contributed by atoms with Crippen molar-refractivity contribution < 1.29 is 19.0 Å². The predicted octanol–water partition coefficient (Wildman–Crippen LogP) is 1.49. The highest BCUT2D eigenvalue weighted by Gasteiger charge is 2.09. The van der Waals surface area contributed by atoms with E-state index in [0.29, 0.717) is 5.56 Å². The molecule has 0 saturated heterocycles. The zero-order valence-corrected chi connectivity index (χ0v) is 11.2. The van der Waals surface area contributed by atoms with E-state index in [2.05, 4.69) is 9.72 Å². The summed E-state index contributed by atoms with van der Waals surface area (Å²) in [7, 11) is 0. The molecule has 0 unspecified atom stereocenters. The number of aryl methyl sites for hydroxylation is 2. The molecule has 0 radical (unpaired) electrons. The fraction of sp³-hybridized carbons (Fsp3) is 0.462. The predicted molar refractivity (Wildman–Crippen MR) is 66.5 cm³/mol. The second-order valence-corrected chi connectivity index (χ2v) is 3.88. The lowest BCUT2D eigenvalue weighted by Crippen LogP contribution is -2.12. The van der Waals surface area contributed by atoms with Crippen LogP contribution in [-0.4, -0.2) is 31.0 Å². The van der Waals surface area contributed by atoms with Gasteiger partial charge in [-0.2, -0.15) is 5.26 Å². The molecule has 0 fully saturated rings. The van der Waals surface area contributed by atoms with Crippen molar-refractivity contribution in [1.29, 1.82) is 5.26 Å². The zero-order valence-electron chi connectivity index (χ0n) is 11.2. The monoisotopic (exact) mass is 264 g/mol. The van der Waals surface area contributed by atoms with E-state index in [-0.39, 0.29) is 31.9 Å². The minimum absolute atomic E-state index is 0.0498. The Balaban J connectivity index is 2.45. The maximum absolute atomic E-state index is 10.5. The van der Waals surface area contributed by atoms with Crippen molar-refractivity contribution in [3.63, 3.8) is 0 Å². The Morgan fingerprint density at radius 1 is 1.42 bits per heavy atom. The van der Waals surface area contributed by atoms with Crippen LogP contribution in [0.5, 0.6) is 5.88 Å². The van der Waals surface area contributed by atoms with Gasteiger partial charge >= 0.3 is 5.97 Å². The molecule has 0 saturated carbocycles. The van der Waals surface area contributed by atoms with Gasteiger partial charge in [-0.3, -0.25) is 4.79 Å². The minimum atomic E-state index is -0.354. The molecule has 0 N–H and O–H groups in total. The zero-order chi connectivity index (χ0) is 14.3. The second kappa shape index (κ2) is 7.34. The van der Waals surface area contributed by atoms with Gasteiger partial charge in [-0.05, 0) is 25.5 Å². The first-order valence-electron chi connectivity index (χ1n) is 5.77. The third-order valence-corrected chi connectivity index (χ3v) is 2.24. The van der Waals surface area contributed by atoms with Gasteiger partial charge in [0.05, 0.1) is 6.61 Å². The van der Waals surface area contributed by atoms with Gasteiger partial charge in [0.1, 0.15) is 18.2 Å². The van der Waals surface area contributed by atoms with Crippen LogP contribution in [0.25, 0.3) is 0 Å². The summed E-state index contributed by atoms with van der Waals surface area (Å²) >= 11 is 0. The summed E-state index contributed by atoms with van der Waals surface area (Å²) < 4.78 is 15.1. The van der Waals surface area contributed by atoms with E-state index in [1.54, 1.807) is 0 Å². The maximum Gasteiger partial charge on any atom is 0.302 e. The molecular formula is C13H16N2O4. The van der Waals surface area contributed by atoms with Crippen LogP contribution in [0.4, 0.5) is 0 Å². The Kier molecular flexibility index (Phi) is 5.76. The Morgan fingerprint density at radius 3 is 2.79 bits per heavy atom. The van der Waals surface area contributed by atoms with E-state index in [4.69, 9.17) is 14.7 Å². The first kappa shape index (κ1) is 14.9. The van der Waals surface area contributed by atoms with Gasteiger partial charge < -0.3 is 14.2 Å². The smallest absolute Gasteiger partial charge is 0.302 e. The van der Waals surface area contributed by atoms with Crippen molar-refractivity contribution in [3.05, 3.63) is 22.9 Å². The average molecular weight is 264 g/mol. The SMILES string of the molecule is CC(=O)OCCOCOc1nc(C)cc(C)c1C#N. The third kappa shape index (κ3) is 4.94. The quantitative estimate of drug-likeness (QED) is 0.440. The van der Waals surface area contributed by atoms with Crippen LogP contribution in [0.2, 0.25) is 0 Å². The summed E-state index contributed by atoms with van der Waals surface area (Å²) in [6, 6.07) is 3.86. The van der Waals surface area contributed by atoms with E-state index >= 15 is 0 Å². The van der Waals surface area contributed by atoms with Gasteiger partial charge in [-0.1, -0.05) is 0 Å². The number of nitriles is 1. The topological polar surface area (TPSA) is 81.4 Å². The molecule has 0 aliphatic carbocycles. The Bertz CT molecular complexity index is 494. The molecule has 6 heteroatoms. The Morgan fingerprint density at radius 2 is 2.16 bits per heavy atom. The standard InChI is InChI=1S/C13H16N2O4/c1-9-6-10(2)15-13(12(9)7-14)19-8-17-4-5-18-11(3)16/h6H,4-5,8H2,1-3H3. The number of aromatic nitrogens is 1. The summed E-state index contributed by atoms with van der Waals surface area (Å²) in [5.41, 5.74) is 1.98. The number of rotatable bonds is 6. The van der Waals surface area contributed by atoms with E-state index in [1.165, 1.54) is 6.92 Å². The molecule has 6 nitrogen and oxygen atoms in total. The number of pyridine rings is 1. The van der Waals surface area contributed by atoms with E-state index < -0.39 is 0 Å². The highest BCUT2D eigenvalue weighted by molar-refractivity contribution is 5.65. The van der Waals surface area contributed by atoms with Crippen molar-refractivity contribution in [2.75, 3.05) is 20.0 Å². The van der Waals surface area contributed by atoms with Crippen molar-refractivity contribution in [2.45, 2.75) is 20.8 Å². The highest BCUT2D eigenvalue weighted by Crippen LogP contribution is 2.19. The van der Waals surface area contributed by atoms with Crippen LogP contribution < -0.4 is 4.74 Å². The molecule has 19 heavy (non-hydrogen) atoms. The van der Waals surface area contributed by atoms with Crippen molar-refractivity contribution in [2.24, 2.45) is 0 Å². The summed E-state index contributed by atoms with van der Waals surface area (Å²) in [6.45, 7) is 5.32. The maximum atomic E-state index is 10.5. The van der Waals surface area contributed by atoms with Crippen LogP contribution in [0, 0.1) is 25.2 Å². The van der Waals surface area contributed by atoms with Crippen molar-refractivity contribution in [1.82, 2.24) is 4.98 Å². The molecule has 0 aromatic carbocycles. The second-order valence-electron chi connectivity index (χ2n) is 3.88. The van der Waals surface area contributed by atoms with Crippen molar-refractivity contribution in [3.8, 4) is 11.9 Å². The Labute approximate surface area is 111 Å².